The van der Waals surface area contributed by atoms with Crippen LogP contribution in [0.2, 0.25) is 0 Å². The number of benzene rings is 5. The summed E-state index contributed by atoms with van der Waals surface area (Å²) < 4.78 is 113. The van der Waals surface area contributed by atoms with E-state index in [0.717, 1.165) is 40.6 Å². The number of halogens is 9. The van der Waals surface area contributed by atoms with Crippen LogP contribution in [-0.4, -0.2) is 23.7 Å². The summed E-state index contributed by atoms with van der Waals surface area (Å²) in [6.07, 6.45) is -13.2. The number of carbonyl (C=O) groups is 1. The second-order valence-electron chi connectivity index (χ2n) is 12.0. The predicted molar refractivity (Wildman–Crippen MR) is 181 cm³/mol. The highest BCUT2D eigenvalue weighted by molar-refractivity contribution is 5.86. The van der Waals surface area contributed by atoms with Crippen LogP contribution < -0.4 is 10.6 Å². The minimum Gasteiger partial charge on any atom is -0.334 e. The molecule has 1 amide bonds. The quantitative estimate of drug-likeness (QED) is 0.105. The SMILES string of the molecule is C[C@@H](NCCC(=O)N(Cc1ccc(C(F)(F)F)cc1)Cc1ccc(C(F)(F)F)cc1)c1cccc2ccccc12.FC(F)(F)NCc1ccccc1. The molecule has 0 aromatic heterocycles. The van der Waals surface area contributed by atoms with E-state index in [1.165, 1.54) is 34.5 Å². The number of rotatable bonds is 11. The Labute approximate surface area is 295 Å². The van der Waals surface area contributed by atoms with Gasteiger partial charge in [0.15, 0.2) is 0 Å². The average Bonchev–Trinajstić information content (AvgIpc) is 3.10. The van der Waals surface area contributed by atoms with E-state index in [1.54, 1.807) is 30.3 Å². The first-order valence-electron chi connectivity index (χ1n) is 16.2. The number of nitrogens with zero attached hydrogens (tertiary/aromatic N) is 1. The van der Waals surface area contributed by atoms with Crippen LogP contribution in [0.4, 0.5) is 39.5 Å². The van der Waals surface area contributed by atoms with Gasteiger partial charge in [0.1, 0.15) is 0 Å². The van der Waals surface area contributed by atoms with E-state index in [1.807, 2.05) is 49.4 Å². The van der Waals surface area contributed by atoms with Crippen LogP contribution >= 0.6 is 0 Å². The van der Waals surface area contributed by atoms with E-state index < -0.39 is 29.8 Å². The number of carbonyl (C=O) groups excluding carboxylic acids is 1. The molecule has 5 rings (SSSR count). The molecule has 5 aromatic carbocycles. The zero-order valence-electron chi connectivity index (χ0n) is 27.9. The van der Waals surface area contributed by atoms with Crippen molar-refractivity contribution in [3.63, 3.8) is 0 Å². The first kappa shape index (κ1) is 39.9. The van der Waals surface area contributed by atoms with Gasteiger partial charge in [-0.2, -0.15) is 39.5 Å². The Hall–Kier alpha value is -4.88. The summed E-state index contributed by atoms with van der Waals surface area (Å²) in [5.74, 6) is -0.280. The van der Waals surface area contributed by atoms with Gasteiger partial charge in [-0.1, -0.05) is 97.1 Å². The van der Waals surface area contributed by atoms with Crippen LogP contribution in [0.5, 0.6) is 0 Å². The molecule has 0 aliphatic rings. The van der Waals surface area contributed by atoms with Crippen molar-refractivity contribution in [1.82, 2.24) is 15.5 Å². The summed E-state index contributed by atoms with van der Waals surface area (Å²) in [5.41, 5.74) is 1.05. The molecule has 0 bridgehead atoms. The summed E-state index contributed by atoms with van der Waals surface area (Å²) >= 11 is 0. The third-order valence-electron chi connectivity index (χ3n) is 8.08. The number of amides is 1. The minimum absolute atomic E-state index is 0.0108. The monoisotopic (exact) mass is 733 g/mol. The summed E-state index contributed by atoms with van der Waals surface area (Å²) in [5, 5.41) is 6.99. The number of hydrogen-bond donors (Lipinski definition) is 2. The molecule has 52 heavy (non-hydrogen) atoms. The third-order valence-corrected chi connectivity index (χ3v) is 8.08. The largest absolute Gasteiger partial charge is 0.457 e. The number of alkyl halides is 9. The van der Waals surface area contributed by atoms with Crippen LogP contribution in [0.25, 0.3) is 10.8 Å². The fourth-order valence-corrected chi connectivity index (χ4v) is 5.36. The van der Waals surface area contributed by atoms with Gasteiger partial charge in [-0.15, -0.1) is 0 Å². The van der Waals surface area contributed by atoms with Crippen LogP contribution in [0, 0.1) is 0 Å². The Morgan fingerprint density at radius 2 is 1.12 bits per heavy atom. The molecular weight excluding hydrogens is 697 g/mol. The van der Waals surface area contributed by atoms with Gasteiger partial charge >= 0.3 is 18.7 Å². The Kier molecular flexibility index (Phi) is 13.5. The van der Waals surface area contributed by atoms with E-state index in [9.17, 15) is 44.3 Å². The van der Waals surface area contributed by atoms with Gasteiger partial charge in [-0.3, -0.25) is 4.79 Å². The molecule has 0 aliphatic heterocycles. The molecule has 0 radical (unpaired) electrons. The topological polar surface area (TPSA) is 44.4 Å². The summed E-state index contributed by atoms with van der Waals surface area (Å²) in [6, 6.07) is 31.4. The highest BCUT2D eigenvalue weighted by atomic mass is 19.4. The normalized spacial score (nSPS) is 12.6. The molecule has 276 valence electrons. The maximum absolute atomic E-state index is 13.3. The van der Waals surface area contributed by atoms with Crippen molar-refractivity contribution in [3.8, 4) is 0 Å². The van der Waals surface area contributed by atoms with Gasteiger partial charge in [-0.05, 0) is 64.2 Å². The fraction of sp³-hybridized carbons (Fsp3) is 0.256. The Morgan fingerprint density at radius 3 is 1.63 bits per heavy atom. The molecule has 0 saturated carbocycles. The van der Waals surface area contributed by atoms with Crippen molar-refractivity contribution in [2.45, 2.75) is 57.7 Å². The Balaban J connectivity index is 0.000000427. The van der Waals surface area contributed by atoms with Crippen molar-refractivity contribution >= 4 is 16.7 Å². The number of hydrogen-bond acceptors (Lipinski definition) is 3. The molecule has 0 saturated heterocycles. The summed E-state index contributed by atoms with van der Waals surface area (Å²) in [7, 11) is 0. The first-order chi connectivity index (χ1) is 24.5. The molecular formula is C39H36F9N3O. The van der Waals surface area contributed by atoms with Crippen molar-refractivity contribution < 1.29 is 44.3 Å². The van der Waals surface area contributed by atoms with Crippen LogP contribution in [-0.2, 0) is 36.8 Å². The number of nitrogens with one attached hydrogen (secondary N) is 2. The summed E-state index contributed by atoms with van der Waals surface area (Å²) in [6.45, 7) is 2.17. The molecule has 4 nitrogen and oxygen atoms in total. The van der Waals surface area contributed by atoms with Gasteiger partial charge in [0.05, 0.1) is 11.1 Å². The lowest BCUT2D eigenvalue weighted by atomic mass is 9.99. The summed E-state index contributed by atoms with van der Waals surface area (Å²) in [4.78, 5) is 14.7. The van der Waals surface area contributed by atoms with Crippen molar-refractivity contribution in [1.29, 1.82) is 0 Å². The van der Waals surface area contributed by atoms with Crippen molar-refractivity contribution in [2.75, 3.05) is 6.54 Å². The van der Waals surface area contributed by atoms with Crippen LogP contribution in [0.3, 0.4) is 0 Å². The lowest BCUT2D eigenvalue weighted by Gasteiger charge is -2.24. The molecule has 0 aliphatic carbocycles. The van der Waals surface area contributed by atoms with Crippen LogP contribution in [0.15, 0.2) is 121 Å². The molecule has 13 heteroatoms. The maximum atomic E-state index is 13.3. The van der Waals surface area contributed by atoms with Crippen molar-refractivity contribution in [3.05, 3.63) is 155 Å². The van der Waals surface area contributed by atoms with Gasteiger partial charge < -0.3 is 10.2 Å². The lowest BCUT2D eigenvalue weighted by molar-refractivity contribution is -0.158. The van der Waals surface area contributed by atoms with Crippen LogP contribution in [0.1, 0.15) is 52.8 Å². The molecule has 1 atom stereocenters. The highest BCUT2D eigenvalue weighted by Gasteiger charge is 2.31. The predicted octanol–water partition coefficient (Wildman–Crippen LogP) is 10.4. The molecule has 2 N–H and O–H groups in total. The van der Waals surface area contributed by atoms with E-state index in [2.05, 4.69) is 5.32 Å². The Bertz CT molecular complexity index is 1790. The van der Waals surface area contributed by atoms with Gasteiger partial charge in [0, 0.05) is 38.6 Å². The van der Waals surface area contributed by atoms with Crippen molar-refractivity contribution in [2.24, 2.45) is 0 Å². The molecule has 5 aromatic rings. The first-order valence-corrected chi connectivity index (χ1v) is 16.2. The zero-order valence-corrected chi connectivity index (χ0v) is 27.9. The van der Waals surface area contributed by atoms with E-state index in [-0.39, 0.29) is 38.0 Å². The zero-order chi connectivity index (χ0) is 37.9. The second-order valence-corrected chi connectivity index (χ2v) is 12.0. The standard InChI is InChI=1S/C31H28F6N2O.C8H8F3N/c1-21(27-8-4-6-24-5-2-3-7-28(24)27)38-18-17-29(40)39(19-22-9-13-25(14-10-22)30(32,33)34)20-23-11-15-26(16-12-23)31(35,36)37;9-8(10,11)12-6-7-4-2-1-3-5-7/h2-16,21,38H,17-20H2,1H3;1-5,12H,6H2/t21-;/m1./s1. The smallest absolute Gasteiger partial charge is 0.334 e. The average molecular weight is 734 g/mol. The highest BCUT2D eigenvalue weighted by Crippen LogP contribution is 2.31. The van der Waals surface area contributed by atoms with Gasteiger partial charge in [-0.25, -0.2) is 5.32 Å². The van der Waals surface area contributed by atoms with E-state index >= 15 is 0 Å². The maximum Gasteiger partial charge on any atom is 0.457 e. The van der Waals surface area contributed by atoms with Gasteiger partial charge in [0.2, 0.25) is 5.91 Å². The molecule has 0 heterocycles. The molecule has 0 unspecified atom stereocenters. The third kappa shape index (κ3) is 12.4. The molecule has 0 fully saturated rings. The van der Waals surface area contributed by atoms with E-state index in [0.29, 0.717) is 23.2 Å². The number of fused-ring (bicyclic) bond motifs is 1. The minimum atomic E-state index is -4.49. The Morgan fingerprint density at radius 1 is 0.615 bits per heavy atom. The second kappa shape index (κ2) is 17.6. The molecule has 0 spiro atoms. The van der Waals surface area contributed by atoms with E-state index in [4.69, 9.17) is 0 Å². The fourth-order valence-electron chi connectivity index (χ4n) is 5.36. The van der Waals surface area contributed by atoms with Gasteiger partial charge in [0.25, 0.3) is 0 Å². The lowest BCUT2D eigenvalue weighted by Crippen LogP contribution is -2.33.